The Morgan fingerprint density at radius 1 is 1.16 bits per heavy atom. The standard InChI is InChI=1S/C16H22N2O/c1-2-3-10-15-16(14-8-5-4-6-9-14)17-13-18(15)11-7-12-19/h4-6,8-9,13,19H,2-3,7,10-12H2,1H3. The van der Waals surface area contributed by atoms with Crippen molar-refractivity contribution >= 4 is 0 Å². The lowest BCUT2D eigenvalue weighted by Gasteiger charge is -2.09. The summed E-state index contributed by atoms with van der Waals surface area (Å²) in [5, 5.41) is 8.98. The van der Waals surface area contributed by atoms with Crippen molar-refractivity contribution in [2.75, 3.05) is 6.61 Å². The number of unbranched alkanes of at least 4 members (excludes halogenated alkanes) is 1. The molecular weight excluding hydrogens is 236 g/mol. The molecule has 1 aromatic carbocycles. The van der Waals surface area contributed by atoms with E-state index in [1.54, 1.807) is 0 Å². The summed E-state index contributed by atoms with van der Waals surface area (Å²) in [4.78, 5) is 4.57. The molecule has 1 aromatic heterocycles. The van der Waals surface area contributed by atoms with Gasteiger partial charge in [-0.25, -0.2) is 4.98 Å². The summed E-state index contributed by atoms with van der Waals surface area (Å²) >= 11 is 0. The molecule has 19 heavy (non-hydrogen) atoms. The van der Waals surface area contributed by atoms with Crippen LogP contribution in [0.5, 0.6) is 0 Å². The van der Waals surface area contributed by atoms with Crippen molar-refractivity contribution in [2.45, 2.75) is 39.2 Å². The van der Waals surface area contributed by atoms with E-state index < -0.39 is 0 Å². The van der Waals surface area contributed by atoms with Crippen LogP contribution in [0.25, 0.3) is 11.3 Å². The highest BCUT2D eigenvalue weighted by Gasteiger charge is 2.11. The van der Waals surface area contributed by atoms with E-state index in [0.29, 0.717) is 0 Å². The van der Waals surface area contributed by atoms with E-state index in [1.807, 2.05) is 24.5 Å². The lowest BCUT2D eigenvalue weighted by Crippen LogP contribution is -2.04. The van der Waals surface area contributed by atoms with Crippen LogP contribution in [0, 0.1) is 0 Å². The minimum atomic E-state index is 0.228. The van der Waals surface area contributed by atoms with E-state index in [1.165, 1.54) is 24.1 Å². The molecule has 0 saturated carbocycles. The predicted molar refractivity (Wildman–Crippen MR) is 78.0 cm³/mol. The van der Waals surface area contributed by atoms with Crippen molar-refractivity contribution < 1.29 is 5.11 Å². The number of benzene rings is 1. The Bertz CT molecular complexity index is 491. The fourth-order valence-electron chi connectivity index (χ4n) is 2.28. The highest BCUT2D eigenvalue weighted by Crippen LogP contribution is 2.23. The molecule has 0 amide bonds. The van der Waals surface area contributed by atoms with Crippen LogP contribution >= 0.6 is 0 Å². The Labute approximate surface area is 114 Å². The minimum absolute atomic E-state index is 0.228. The van der Waals surface area contributed by atoms with Crippen molar-refractivity contribution in [1.82, 2.24) is 9.55 Å². The largest absolute Gasteiger partial charge is 0.396 e. The van der Waals surface area contributed by atoms with Gasteiger partial charge in [0.05, 0.1) is 12.0 Å². The predicted octanol–water partition coefficient (Wildman–Crippen LogP) is 3.28. The number of aromatic nitrogens is 2. The van der Waals surface area contributed by atoms with Crippen LogP contribution in [0.4, 0.5) is 0 Å². The number of nitrogens with zero attached hydrogens (tertiary/aromatic N) is 2. The summed E-state index contributed by atoms with van der Waals surface area (Å²) in [7, 11) is 0. The molecule has 0 fully saturated rings. The van der Waals surface area contributed by atoms with E-state index in [2.05, 4.69) is 28.6 Å². The first kappa shape index (κ1) is 13.8. The topological polar surface area (TPSA) is 38.0 Å². The van der Waals surface area contributed by atoms with Crippen molar-refractivity contribution in [3.63, 3.8) is 0 Å². The van der Waals surface area contributed by atoms with E-state index >= 15 is 0 Å². The monoisotopic (exact) mass is 258 g/mol. The summed E-state index contributed by atoms with van der Waals surface area (Å²) in [5.74, 6) is 0. The highest BCUT2D eigenvalue weighted by molar-refractivity contribution is 5.61. The van der Waals surface area contributed by atoms with Crippen LogP contribution in [0.2, 0.25) is 0 Å². The Morgan fingerprint density at radius 3 is 2.63 bits per heavy atom. The molecule has 1 N–H and O–H groups in total. The molecule has 0 spiro atoms. The van der Waals surface area contributed by atoms with E-state index in [4.69, 9.17) is 5.11 Å². The minimum Gasteiger partial charge on any atom is -0.396 e. The first-order valence-electron chi connectivity index (χ1n) is 7.07. The van der Waals surface area contributed by atoms with Crippen molar-refractivity contribution in [3.8, 4) is 11.3 Å². The maximum absolute atomic E-state index is 8.98. The van der Waals surface area contributed by atoms with Crippen LogP contribution in [-0.4, -0.2) is 21.3 Å². The highest BCUT2D eigenvalue weighted by atomic mass is 16.3. The Balaban J connectivity index is 2.29. The third-order valence-electron chi connectivity index (χ3n) is 3.32. The summed E-state index contributed by atoms with van der Waals surface area (Å²) in [5.41, 5.74) is 3.56. The molecule has 0 radical (unpaired) electrons. The Morgan fingerprint density at radius 2 is 1.95 bits per heavy atom. The number of aliphatic hydroxyl groups excluding tert-OH is 1. The average Bonchev–Trinajstić information content (AvgIpc) is 2.86. The van der Waals surface area contributed by atoms with Gasteiger partial charge in [-0.15, -0.1) is 0 Å². The van der Waals surface area contributed by atoms with Gasteiger partial charge in [0.15, 0.2) is 0 Å². The van der Waals surface area contributed by atoms with Crippen molar-refractivity contribution in [1.29, 1.82) is 0 Å². The molecule has 0 bridgehead atoms. The number of imidazole rings is 1. The lowest BCUT2D eigenvalue weighted by atomic mass is 10.1. The van der Waals surface area contributed by atoms with E-state index in [-0.39, 0.29) is 6.61 Å². The van der Waals surface area contributed by atoms with E-state index in [9.17, 15) is 0 Å². The van der Waals surface area contributed by atoms with Gasteiger partial charge in [0.25, 0.3) is 0 Å². The molecule has 0 atom stereocenters. The van der Waals surface area contributed by atoms with Gasteiger partial charge in [0.1, 0.15) is 0 Å². The fraction of sp³-hybridized carbons (Fsp3) is 0.438. The maximum atomic E-state index is 8.98. The molecule has 0 saturated heterocycles. The van der Waals surface area contributed by atoms with Crippen LogP contribution in [0.3, 0.4) is 0 Å². The van der Waals surface area contributed by atoms with Crippen LogP contribution in [-0.2, 0) is 13.0 Å². The van der Waals surface area contributed by atoms with Crippen LogP contribution < -0.4 is 0 Å². The summed E-state index contributed by atoms with van der Waals surface area (Å²) in [6, 6.07) is 10.3. The smallest absolute Gasteiger partial charge is 0.0956 e. The van der Waals surface area contributed by atoms with Crippen LogP contribution in [0.1, 0.15) is 31.9 Å². The number of hydrogen-bond donors (Lipinski definition) is 1. The molecule has 1 heterocycles. The first-order valence-corrected chi connectivity index (χ1v) is 7.07. The van der Waals surface area contributed by atoms with Crippen molar-refractivity contribution in [2.24, 2.45) is 0 Å². The molecular formula is C16H22N2O. The van der Waals surface area contributed by atoms with Gasteiger partial charge in [-0.05, 0) is 19.3 Å². The van der Waals surface area contributed by atoms with Gasteiger partial charge in [0.2, 0.25) is 0 Å². The van der Waals surface area contributed by atoms with Gasteiger partial charge in [-0.2, -0.15) is 0 Å². The fourth-order valence-corrected chi connectivity index (χ4v) is 2.28. The lowest BCUT2D eigenvalue weighted by molar-refractivity contribution is 0.279. The summed E-state index contributed by atoms with van der Waals surface area (Å²) in [6.07, 6.45) is 6.09. The molecule has 2 aromatic rings. The SMILES string of the molecule is CCCCc1c(-c2ccccc2)ncn1CCCO. The summed E-state index contributed by atoms with van der Waals surface area (Å²) < 4.78 is 2.19. The Kier molecular flexibility index (Phi) is 5.16. The first-order chi connectivity index (χ1) is 9.36. The number of hydrogen-bond acceptors (Lipinski definition) is 2. The third-order valence-corrected chi connectivity index (χ3v) is 3.32. The molecule has 0 aliphatic rings. The third kappa shape index (κ3) is 3.44. The second kappa shape index (κ2) is 7.10. The number of aryl methyl sites for hydroxylation is 1. The zero-order chi connectivity index (χ0) is 13.5. The quantitative estimate of drug-likeness (QED) is 0.827. The molecule has 3 nitrogen and oxygen atoms in total. The van der Waals surface area contributed by atoms with Crippen molar-refractivity contribution in [3.05, 3.63) is 42.4 Å². The molecule has 102 valence electrons. The molecule has 0 aliphatic carbocycles. The summed E-state index contributed by atoms with van der Waals surface area (Å²) in [6.45, 7) is 3.28. The number of rotatable bonds is 7. The number of aliphatic hydroxyl groups is 1. The maximum Gasteiger partial charge on any atom is 0.0956 e. The van der Waals surface area contributed by atoms with Gasteiger partial charge < -0.3 is 9.67 Å². The average molecular weight is 258 g/mol. The van der Waals surface area contributed by atoms with Gasteiger partial charge in [-0.3, -0.25) is 0 Å². The molecule has 3 heteroatoms. The van der Waals surface area contributed by atoms with E-state index in [0.717, 1.165) is 25.1 Å². The molecule has 0 unspecified atom stereocenters. The molecule has 2 rings (SSSR count). The second-order valence-corrected chi connectivity index (χ2v) is 4.78. The Hall–Kier alpha value is -1.61. The zero-order valence-electron chi connectivity index (χ0n) is 11.5. The van der Waals surface area contributed by atoms with Crippen LogP contribution in [0.15, 0.2) is 36.7 Å². The normalized spacial score (nSPS) is 10.8. The van der Waals surface area contributed by atoms with Gasteiger partial charge in [-0.1, -0.05) is 43.7 Å². The zero-order valence-corrected chi connectivity index (χ0v) is 11.5. The second-order valence-electron chi connectivity index (χ2n) is 4.78. The van der Waals surface area contributed by atoms with Gasteiger partial charge >= 0.3 is 0 Å². The van der Waals surface area contributed by atoms with Gasteiger partial charge in [0, 0.05) is 24.4 Å². The molecule has 0 aliphatic heterocycles.